The van der Waals surface area contributed by atoms with Crippen LogP contribution in [0.5, 0.6) is 0 Å². The molecule has 0 spiro atoms. The molecule has 0 radical (unpaired) electrons. The van der Waals surface area contributed by atoms with Crippen molar-refractivity contribution in [2.45, 2.75) is 19.3 Å². The molecule has 0 atom stereocenters. The third-order valence-electron chi connectivity index (χ3n) is 4.07. The third kappa shape index (κ3) is 5.18. The molecule has 1 saturated heterocycles. The van der Waals surface area contributed by atoms with Crippen LogP contribution in [0.15, 0.2) is 18.2 Å². The molecule has 7 heteroatoms. The molecule has 2 N–H and O–H groups in total. The number of carbonyl (C=O) groups excluding carboxylic acids is 2. The molecule has 0 bridgehead atoms. The van der Waals surface area contributed by atoms with E-state index in [1.165, 1.54) is 18.2 Å². The fourth-order valence-electron chi connectivity index (χ4n) is 2.69. The van der Waals surface area contributed by atoms with E-state index in [1.807, 2.05) is 0 Å². The average molecular weight is 342 g/mol. The van der Waals surface area contributed by atoms with Crippen LogP contribution in [-0.4, -0.2) is 43.4 Å². The monoisotopic (exact) mass is 341 g/mol. The largest absolute Gasteiger partial charge is 0.359 e. The predicted octanol–water partition coefficient (Wildman–Crippen LogP) is 2.27. The zero-order valence-corrected chi connectivity index (χ0v) is 13.8. The lowest BCUT2D eigenvalue weighted by molar-refractivity contribution is -0.126. The Morgan fingerprint density at radius 2 is 2.04 bits per heavy atom. The van der Waals surface area contributed by atoms with Gasteiger partial charge in [0.1, 0.15) is 5.82 Å². The number of nitrogens with one attached hydrogen (secondary N) is 2. The molecular weight excluding hydrogens is 321 g/mol. The summed E-state index contributed by atoms with van der Waals surface area (Å²) < 4.78 is 13.6. The van der Waals surface area contributed by atoms with E-state index in [9.17, 15) is 14.0 Å². The molecule has 23 heavy (non-hydrogen) atoms. The van der Waals surface area contributed by atoms with Gasteiger partial charge in [0.05, 0.1) is 5.69 Å². The second-order valence-electron chi connectivity index (χ2n) is 5.65. The van der Waals surface area contributed by atoms with Crippen LogP contribution in [-0.2, 0) is 9.59 Å². The molecule has 0 aromatic heterocycles. The minimum Gasteiger partial charge on any atom is -0.359 e. The first-order valence-corrected chi connectivity index (χ1v) is 8.06. The third-order valence-corrected chi connectivity index (χ3v) is 4.30. The maximum absolute atomic E-state index is 13.6. The first-order chi connectivity index (χ1) is 11.0. The summed E-state index contributed by atoms with van der Waals surface area (Å²) in [5.41, 5.74) is 0.137. The minimum absolute atomic E-state index is 0.0632. The van der Waals surface area contributed by atoms with Crippen LogP contribution in [0.2, 0.25) is 5.02 Å². The van der Waals surface area contributed by atoms with Gasteiger partial charge in [0.15, 0.2) is 0 Å². The molecule has 1 aromatic rings. The first kappa shape index (κ1) is 17.7. The summed E-state index contributed by atoms with van der Waals surface area (Å²) in [6, 6.07) is 4.15. The number of halogens is 2. The van der Waals surface area contributed by atoms with Gasteiger partial charge in [0.2, 0.25) is 11.8 Å². The number of amides is 2. The van der Waals surface area contributed by atoms with Crippen molar-refractivity contribution in [3.63, 3.8) is 0 Å². The van der Waals surface area contributed by atoms with Gasteiger partial charge in [-0.3, -0.25) is 9.59 Å². The fourth-order valence-corrected chi connectivity index (χ4v) is 2.84. The number of anilines is 1. The Kier molecular flexibility index (Phi) is 6.36. The van der Waals surface area contributed by atoms with E-state index in [0.29, 0.717) is 11.6 Å². The van der Waals surface area contributed by atoms with Crippen LogP contribution >= 0.6 is 11.6 Å². The summed E-state index contributed by atoms with van der Waals surface area (Å²) in [4.78, 5) is 25.6. The van der Waals surface area contributed by atoms with Crippen LogP contribution in [0.25, 0.3) is 0 Å². The standard InChI is InChI=1S/C16H21ClFN3O2/c1-19-16(23)11-4-7-21(8-5-11)9-6-15(22)20-14-3-2-12(17)10-13(14)18/h2-3,10-11H,4-9H2,1H3,(H,19,23)(H,20,22). The lowest BCUT2D eigenvalue weighted by Crippen LogP contribution is -2.40. The molecular formula is C16H21ClFN3O2. The Morgan fingerprint density at radius 1 is 1.35 bits per heavy atom. The maximum atomic E-state index is 13.6. The van der Waals surface area contributed by atoms with E-state index < -0.39 is 5.82 Å². The molecule has 2 amide bonds. The Hall–Kier alpha value is -1.66. The van der Waals surface area contributed by atoms with E-state index in [1.54, 1.807) is 7.05 Å². The van der Waals surface area contributed by atoms with Crippen molar-refractivity contribution in [3.05, 3.63) is 29.0 Å². The molecule has 5 nitrogen and oxygen atoms in total. The molecule has 0 saturated carbocycles. The van der Waals surface area contributed by atoms with Crippen LogP contribution in [0.3, 0.4) is 0 Å². The number of rotatable bonds is 5. The Morgan fingerprint density at radius 3 is 2.65 bits per heavy atom. The number of piperidine rings is 1. The van der Waals surface area contributed by atoms with Crippen LogP contribution in [0.4, 0.5) is 10.1 Å². The molecule has 1 heterocycles. The minimum atomic E-state index is -0.544. The SMILES string of the molecule is CNC(=O)C1CCN(CCC(=O)Nc2ccc(Cl)cc2F)CC1. The second-order valence-corrected chi connectivity index (χ2v) is 6.09. The normalized spacial score (nSPS) is 16.1. The molecule has 1 aliphatic rings. The van der Waals surface area contributed by atoms with Gasteiger partial charge in [-0.15, -0.1) is 0 Å². The van der Waals surface area contributed by atoms with Gasteiger partial charge >= 0.3 is 0 Å². The quantitative estimate of drug-likeness (QED) is 0.863. The number of benzene rings is 1. The molecule has 126 valence electrons. The second kappa shape index (κ2) is 8.26. The Labute approximate surface area is 140 Å². The highest BCUT2D eigenvalue weighted by Crippen LogP contribution is 2.20. The molecule has 1 aliphatic heterocycles. The van der Waals surface area contributed by atoms with Crippen molar-refractivity contribution in [2.24, 2.45) is 5.92 Å². The molecule has 0 aliphatic carbocycles. The maximum Gasteiger partial charge on any atom is 0.225 e. The summed E-state index contributed by atoms with van der Waals surface area (Å²) in [5, 5.41) is 5.51. The van der Waals surface area contributed by atoms with Crippen molar-refractivity contribution in [1.82, 2.24) is 10.2 Å². The zero-order valence-electron chi connectivity index (χ0n) is 13.1. The number of likely N-dealkylation sites (tertiary alicyclic amines) is 1. The van der Waals surface area contributed by atoms with E-state index in [0.717, 1.165) is 25.9 Å². The van der Waals surface area contributed by atoms with Crippen LogP contribution in [0.1, 0.15) is 19.3 Å². The summed E-state index contributed by atoms with van der Waals surface area (Å²) in [5.74, 6) is -0.634. The highest BCUT2D eigenvalue weighted by atomic mass is 35.5. The summed E-state index contributed by atoms with van der Waals surface area (Å²) in [6.07, 6.45) is 1.88. The van der Waals surface area contributed by atoms with Crippen molar-refractivity contribution in [2.75, 3.05) is 32.0 Å². The molecule has 1 aromatic carbocycles. The lowest BCUT2D eigenvalue weighted by atomic mass is 9.96. The van der Waals surface area contributed by atoms with Gasteiger partial charge in [-0.25, -0.2) is 4.39 Å². The summed E-state index contributed by atoms with van der Waals surface area (Å²) >= 11 is 5.67. The van der Waals surface area contributed by atoms with E-state index in [2.05, 4.69) is 15.5 Å². The first-order valence-electron chi connectivity index (χ1n) is 7.68. The van der Waals surface area contributed by atoms with Crippen molar-refractivity contribution < 1.29 is 14.0 Å². The lowest BCUT2D eigenvalue weighted by Gasteiger charge is -2.30. The number of hydrogen-bond donors (Lipinski definition) is 2. The highest BCUT2D eigenvalue weighted by Gasteiger charge is 2.24. The number of carbonyl (C=O) groups is 2. The van der Waals surface area contributed by atoms with Crippen LogP contribution in [0, 0.1) is 11.7 Å². The molecule has 1 fully saturated rings. The Balaban J connectivity index is 1.74. The molecule has 0 unspecified atom stereocenters. The van der Waals surface area contributed by atoms with E-state index in [-0.39, 0.29) is 29.8 Å². The van der Waals surface area contributed by atoms with Crippen LogP contribution < -0.4 is 10.6 Å². The smallest absolute Gasteiger partial charge is 0.225 e. The molecule has 2 rings (SSSR count). The average Bonchev–Trinajstić information content (AvgIpc) is 2.55. The fraction of sp³-hybridized carbons (Fsp3) is 0.500. The van der Waals surface area contributed by atoms with Crippen molar-refractivity contribution in [3.8, 4) is 0 Å². The van der Waals surface area contributed by atoms with Gasteiger partial charge in [-0.1, -0.05) is 11.6 Å². The highest BCUT2D eigenvalue weighted by molar-refractivity contribution is 6.30. The number of nitrogens with zero attached hydrogens (tertiary/aromatic N) is 1. The summed E-state index contributed by atoms with van der Waals surface area (Å²) in [7, 11) is 1.65. The topological polar surface area (TPSA) is 61.4 Å². The van der Waals surface area contributed by atoms with Gasteiger partial charge in [-0.2, -0.15) is 0 Å². The van der Waals surface area contributed by atoms with E-state index >= 15 is 0 Å². The zero-order chi connectivity index (χ0) is 16.8. The van der Waals surface area contributed by atoms with Crippen molar-refractivity contribution >= 4 is 29.1 Å². The Bertz CT molecular complexity index is 574. The van der Waals surface area contributed by atoms with Gasteiger partial charge in [0.25, 0.3) is 0 Å². The van der Waals surface area contributed by atoms with Gasteiger partial charge in [-0.05, 0) is 44.1 Å². The predicted molar refractivity (Wildman–Crippen MR) is 87.9 cm³/mol. The van der Waals surface area contributed by atoms with Gasteiger partial charge < -0.3 is 15.5 Å². The van der Waals surface area contributed by atoms with E-state index in [4.69, 9.17) is 11.6 Å². The van der Waals surface area contributed by atoms with Gasteiger partial charge in [0, 0.05) is 31.0 Å². The van der Waals surface area contributed by atoms with Crippen molar-refractivity contribution in [1.29, 1.82) is 0 Å². The number of hydrogen-bond acceptors (Lipinski definition) is 3. The summed E-state index contributed by atoms with van der Waals surface area (Å²) in [6.45, 7) is 2.18.